The van der Waals surface area contributed by atoms with Crippen LogP contribution in [0.2, 0.25) is 5.02 Å². The summed E-state index contributed by atoms with van der Waals surface area (Å²) in [6.07, 6.45) is 0. The van der Waals surface area contributed by atoms with E-state index in [1.807, 2.05) is 39.0 Å². The lowest BCUT2D eigenvalue weighted by molar-refractivity contribution is -0.132. The van der Waals surface area contributed by atoms with Crippen molar-refractivity contribution in [1.29, 1.82) is 0 Å². The van der Waals surface area contributed by atoms with Crippen molar-refractivity contribution in [3.8, 4) is 17.2 Å². The van der Waals surface area contributed by atoms with Gasteiger partial charge in [-0.1, -0.05) is 29.8 Å². The van der Waals surface area contributed by atoms with Crippen LogP contribution in [0.25, 0.3) is 5.76 Å². The Morgan fingerprint density at radius 2 is 1.68 bits per heavy atom. The molecule has 0 saturated carbocycles. The zero-order valence-corrected chi connectivity index (χ0v) is 22.1. The summed E-state index contributed by atoms with van der Waals surface area (Å²) in [5.41, 5.74) is 3.13. The molecule has 0 aliphatic carbocycles. The fraction of sp³-hybridized carbons (Fsp3) is 0.241. The van der Waals surface area contributed by atoms with Gasteiger partial charge in [0.1, 0.15) is 11.5 Å². The van der Waals surface area contributed by atoms with E-state index in [0.29, 0.717) is 45.7 Å². The lowest BCUT2D eigenvalue weighted by atomic mass is 9.94. The molecule has 1 amide bonds. The number of benzene rings is 3. The van der Waals surface area contributed by atoms with Crippen LogP contribution >= 0.6 is 11.6 Å². The van der Waals surface area contributed by atoms with E-state index in [-0.39, 0.29) is 11.3 Å². The SMILES string of the molecule is CCOc1cc(C2/C(=C(/O)c3ccc(Cl)c(OC)c3)C(=O)C(=O)N2c2cc(C)ccc2C)ccc1OC. The quantitative estimate of drug-likeness (QED) is 0.233. The summed E-state index contributed by atoms with van der Waals surface area (Å²) in [6, 6.07) is 14.6. The molecule has 192 valence electrons. The van der Waals surface area contributed by atoms with Crippen molar-refractivity contribution in [1.82, 2.24) is 0 Å². The summed E-state index contributed by atoms with van der Waals surface area (Å²) in [7, 11) is 2.99. The number of hydrogen-bond acceptors (Lipinski definition) is 6. The summed E-state index contributed by atoms with van der Waals surface area (Å²) in [4.78, 5) is 28.5. The smallest absolute Gasteiger partial charge is 0.300 e. The maximum Gasteiger partial charge on any atom is 0.300 e. The molecular formula is C29H28ClNO6. The summed E-state index contributed by atoms with van der Waals surface area (Å²) in [6.45, 7) is 6.02. The van der Waals surface area contributed by atoms with Crippen LogP contribution in [0, 0.1) is 13.8 Å². The van der Waals surface area contributed by atoms with E-state index in [2.05, 4.69) is 0 Å². The normalized spacial score (nSPS) is 16.7. The highest BCUT2D eigenvalue weighted by atomic mass is 35.5. The molecule has 0 bridgehead atoms. The van der Waals surface area contributed by atoms with Gasteiger partial charge >= 0.3 is 0 Å². The summed E-state index contributed by atoms with van der Waals surface area (Å²) in [5.74, 6) is -0.575. The minimum atomic E-state index is -0.924. The monoisotopic (exact) mass is 521 g/mol. The summed E-state index contributed by atoms with van der Waals surface area (Å²) in [5, 5.41) is 11.8. The molecule has 1 N–H and O–H groups in total. The summed E-state index contributed by atoms with van der Waals surface area (Å²) >= 11 is 6.17. The Balaban J connectivity index is 2.00. The first-order valence-electron chi connectivity index (χ1n) is 11.7. The third-order valence-electron chi connectivity index (χ3n) is 6.30. The van der Waals surface area contributed by atoms with Crippen LogP contribution in [-0.4, -0.2) is 37.6 Å². The van der Waals surface area contributed by atoms with Gasteiger partial charge in [0.15, 0.2) is 11.5 Å². The van der Waals surface area contributed by atoms with Gasteiger partial charge in [0.2, 0.25) is 0 Å². The molecule has 1 atom stereocenters. The average Bonchev–Trinajstić information content (AvgIpc) is 3.15. The van der Waals surface area contributed by atoms with Gasteiger partial charge in [0.05, 0.1) is 37.5 Å². The van der Waals surface area contributed by atoms with Crippen molar-refractivity contribution >= 4 is 34.7 Å². The Hall–Kier alpha value is -3.97. The van der Waals surface area contributed by atoms with Crippen molar-refractivity contribution in [3.05, 3.63) is 87.4 Å². The van der Waals surface area contributed by atoms with E-state index in [0.717, 1.165) is 11.1 Å². The molecule has 1 unspecified atom stereocenters. The Morgan fingerprint density at radius 1 is 0.946 bits per heavy atom. The number of methoxy groups -OCH3 is 2. The number of aliphatic hydroxyl groups is 1. The fourth-order valence-corrected chi connectivity index (χ4v) is 4.66. The lowest BCUT2D eigenvalue weighted by Crippen LogP contribution is -2.30. The predicted molar refractivity (Wildman–Crippen MR) is 143 cm³/mol. The molecule has 1 fully saturated rings. The maximum atomic E-state index is 13.5. The standard InChI is InChI=1S/C29H28ClNO6/c1-6-37-24-14-18(10-12-22(24)35-4)26-25(27(32)19-9-11-20(30)23(15-19)36-5)28(33)29(34)31(26)21-13-16(2)7-8-17(21)3/h7-15,26,32H,6H2,1-5H3/b27-25-. The number of rotatable bonds is 7. The largest absolute Gasteiger partial charge is 0.507 e. The molecule has 8 heteroatoms. The Labute approximate surface area is 220 Å². The van der Waals surface area contributed by atoms with E-state index in [1.54, 1.807) is 30.3 Å². The molecule has 0 spiro atoms. The average molecular weight is 522 g/mol. The fourth-order valence-electron chi connectivity index (χ4n) is 4.47. The van der Waals surface area contributed by atoms with E-state index < -0.39 is 17.7 Å². The van der Waals surface area contributed by atoms with Gasteiger partial charge in [0.25, 0.3) is 11.7 Å². The zero-order chi connectivity index (χ0) is 26.9. The van der Waals surface area contributed by atoms with Gasteiger partial charge in [-0.3, -0.25) is 14.5 Å². The number of hydrogen-bond donors (Lipinski definition) is 1. The molecule has 1 heterocycles. The third kappa shape index (κ3) is 4.74. The molecule has 7 nitrogen and oxygen atoms in total. The highest BCUT2D eigenvalue weighted by Crippen LogP contribution is 2.45. The van der Waals surface area contributed by atoms with E-state index in [4.69, 9.17) is 25.8 Å². The number of nitrogens with zero attached hydrogens (tertiary/aromatic N) is 1. The molecule has 1 saturated heterocycles. The van der Waals surface area contributed by atoms with Crippen LogP contribution in [0.15, 0.2) is 60.2 Å². The number of anilines is 1. The van der Waals surface area contributed by atoms with E-state index in [9.17, 15) is 14.7 Å². The number of carbonyl (C=O) groups is 2. The molecular weight excluding hydrogens is 494 g/mol. The second-order valence-electron chi connectivity index (χ2n) is 8.65. The first-order chi connectivity index (χ1) is 17.7. The summed E-state index contributed by atoms with van der Waals surface area (Å²) < 4.78 is 16.5. The van der Waals surface area contributed by atoms with Gasteiger partial charge in [-0.15, -0.1) is 0 Å². The first-order valence-corrected chi connectivity index (χ1v) is 12.1. The minimum Gasteiger partial charge on any atom is -0.507 e. The second-order valence-corrected chi connectivity index (χ2v) is 9.06. The van der Waals surface area contributed by atoms with Crippen molar-refractivity contribution in [2.24, 2.45) is 0 Å². The topological polar surface area (TPSA) is 85.3 Å². The van der Waals surface area contributed by atoms with Crippen LogP contribution in [0.5, 0.6) is 17.2 Å². The van der Waals surface area contributed by atoms with Gasteiger partial charge < -0.3 is 19.3 Å². The van der Waals surface area contributed by atoms with E-state index >= 15 is 0 Å². The zero-order valence-electron chi connectivity index (χ0n) is 21.3. The Kier molecular flexibility index (Phi) is 7.45. The number of ether oxygens (including phenoxy) is 3. The molecule has 0 aromatic heterocycles. The molecule has 0 radical (unpaired) electrons. The Bertz CT molecular complexity index is 1410. The van der Waals surface area contributed by atoms with Gasteiger partial charge in [0, 0.05) is 11.3 Å². The van der Waals surface area contributed by atoms with Gasteiger partial charge in [-0.25, -0.2) is 0 Å². The highest BCUT2D eigenvalue weighted by Gasteiger charge is 2.47. The molecule has 37 heavy (non-hydrogen) atoms. The maximum absolute atomic E-state index is 13.5. The molecule has 3 aromatic rings. The number of Topliss-reactive ketones (excluding diaryl/α,β-unsaturated/α-hetero) is 1. The molecule has 1 aliphatic rings. The molecule has 3 aromatic carbocycles. The van der Waals surface area contributed by atoms with Crippen LogP contribution in [0.3, 0.4) is 0 Å². The van der Waals surface area contributed by atoms with Crippen molar-refractivity contribution in [3.63, 3.8) is 0 Å². The third-order valence-corrected chi connectivity index (χ3v) is 6.61. The van der Waals surface area contributed by atoms with E-state index in [1.165, 1.54) is 25.2 Å². The first kappa shape index (κ1) is 26.1. The van der Waals surface area contributed by atoms with Crippen LogP contribution < -0.4 is 19.1 Å². The van der Waals surface area contributed by atoms with Crippen LogP contribution in [0.4, 0.5) is 5.69 Å². The van der Waals surface area contributed by atoms with Crippen LogP contribution in [-0.2, 0) is 9.59 Å². The highest BCUT2D eigenvalue weighted by molar-refractivity contribution is 6.51. The second kappa shape index (κ2) is 10.6. The number of halogens is 1. The predicted octanol–water partition coefficient (Wildman–Crippen LogP) is 6.00. The number of carbonyl (C=O) groups excluding carboxylic acids is 2. The van der Waals surface area contributed by atoms with Crippen molar-refractivity contribution < 1.29 is 28.9 Å². The number of aryl methyl sites for hydroxylation is 2. The lowest BCUT2D eigenvalue weighted by Gasteiger charge is -2.27. The molecule has 4 rings (SSSR count). The molecule has 1 aliphatic heterocycles. The number of aliphatic hydroxyl groups excluding tert-OH is 1. The van der Waals surface area contributed by atoms with Crippen molar-refractivity contribution in [2.75, 3.05) is 25.7 Å². The van der Waals surface area contributed by atoms with Crippen LogP contribution in [0.1, 0.15) is 35.2 Å². The minimum absolute atomic E-state index is 0.0529. The van der Waals surface area contributed by atoms with Gasteiger partial charge in [-0.2, -0.15) is 0 Å². The Morgan fingerprint density at radius 3 is 2.35 bits per heavy atom. The number of ketones is 1. The van der Waals surface area contributed by atoms with Crippen molar-refractivity contribution in [2.45, 2.75) is 26.8 Å². The number of amides is 1. The van der Waals surface area contributed by atoms with Gasteiger partial charge in [-0.05, 0) is 73.9 Å².